The summed E-state index contributed by atoms with van der Waals surface area (Å²) in [4.78, 5) is 23.1. The standard InChI is InChI=1S/C21H35N5O3/c1-15-17(26(21(5,6)28-15)19(27)29-20(2,3)4)14-25-18(22-7)24-13-11-16-10-8-9-12-23-16/h8-10,12,15,17H,11,13-14H2,1-7H3,(H2,22,24,25). The molecule has 0 aromatic carbocycles. The number of carbonyl (C=O) groups is 1. The van der Waals surface area contributed by atoms with E-state index in [1.54, 1.807) is 18.1 Å². The van der Waals surface area contributed by atoms with Crippen molar-refractivity contribution in [3.8, 4) is 0 Å². The number of ether oxygens (including phenoxy) is 2. The van der Waals surface area contributed by atoms with Crippen molar-refractivity contribution in [2.45, 2.75) is 71.4 Å². The van der Waals surface area contributed by atoms with E-state index in [2.05, 4.69) is 20.6 Å². The topological polar surface area (TPSA) is 88.1 Å². The number of guanidine groups is 1. The molecule has 1 aliphatic rings. The largest absolute Gasteiger partial charge is 0.444 e. The highest BCUT2D eigenvalue weighted by atomic mass is 16.6. The maximum atomic E-state index is 12.8. The summed E-state index contributed by atoms with van der Waals surface area (Å²) in [7, 11) is 1.72. The number of pyridine rings is 1. The maximum Gasteiger partial charge on any atom is 0.412 e. The Labute approximate surface area is 174 Å². The van der Waals surface area contributed by atoms with E-state index in [0.29, 0.717) is 19.0 Å². The highest BCUT2D eigenvalue weighted by Gasteiger charge is 2.49. The SMILES string of the molecule is CN=C(NCCc1ccccn1)NCC1C(C)OC(C)(C)N1C(=O)OC(C)(C)C. The van der Waals surface area contributed by atoms with Crippen molar-refractivity contribution in [1.29, 1.82) is 0 Å². The molecule has 1 aromatic rings. The first-order chi connectivity index (χ1) is 13.5. The first-order valence-electron chi connectivity index (χ1n) is 10.1. The van der Waals surface area contributed by atoms with Crippen LogP contribution in [-0.2, 0) is 15.9 Å². The molecule has 2 heterocycles. The van der Waals surface area contributed by atoms with E-state index in [-0.39, 0.29) is 18.2 Å². The van der Waals surface area contributed by atoms with Gasteiger partial charge < -0.3 is 20.1 Å². The van der Waals surface area contributed by atoms with Gasteiger partial charge in [0.25, 0.3) is 0 Å². The van der Waals surface area contributed by atoms with Gasteiger partial charge in [-0.2, -0.15) is 0 Å². The smallest absolute Gasteiger partial charge is 0.412 e. The average Bonchev–Trinajstić information content (AvgIpc) is 2.85. The highest BCUT2D eigenvalue weighted by molar-refractivity contribution is 5.79. The molecule has 1 amide bonds. The average molecular weight is 406 g/mol. The highest BCUT2D eigenvalue weighted by Crippen LogP contribution is 2.33. The fraction of sp³-hybridized carbons (Fsp3) is 0.667. The Hall–Kier alpha value is -2.35. The molecule has 2 rings (SSSR count). The quantitative estimate of drug-likeness (QED) is 0.578. The number of aromatic nitrogens is 1. The van der Waals surface area contributed by atoms with Crippen LogP contribution in [-0.4, -0.2) is 65.5 Å². The molecular weight excluding hydrogens is 370 g/mol. The van der Waals surface area contributed by atoms with Crippen molar-refractivity contribution >= 4 is 12.1 Å². The summed E-state index contributed by atoms with van der Waals surface area (Å²) in [5, 5.41) is 6.59. The van der Waals surface area contributed by atoms with E-state index >= 15 is 0 Å². The second kappa shape index (κ2) is 9.43. The first kappa shape index (κ1) is 22.9. The Bertz CT molecular complexity index is 700. The van der Waals surface area contributed by atoms with Gasteiger partial charge in [0.05, 0.1) is 12.1 Å². The zero-order valence-electron chi connectivity index (χ0n) is 18.7. The third kappa shape index (κ3) is 6.59. The number of amides is 1. The summed E-state index contributed by atoms with van der Waals surface area (Å²) in [6.45, 7) is 12.5. The summed E-state index contributed by atoms with van der Waals surface area (Å²) in [5.41, 5.74) is -0.296. The second-order valence-corrected chi connectivity index (χ2v) is 8.64. The maximum absolute atomic E-state index is 12.8. The fourth-order valence-corrected chi connectivity index (χ4v) is 3.40. The Morgan fingerprint density at radius 2 is 2.07 bits per heavy atom. The van der Waals surface area contributed by atoms with Crippen LogP contribution in [0.2, 0.25) is 0 Å². The molecule has 0 aliphatic carbocycles. The third-order valence-electron chi connectivity index (χ3n) is 4.62. The molecule has 1 aliphatic heterocycles. The van der Waals surface area contributed by atoms with Gasteiger partial charge in [-0.15, -0.1) is 0 Å². The van der Waals surface area contributed by atoms with Crippen molar-refractivity contribution in [2.75, 3.05) is 20.1 Å². The van der Waals surface area contributed by atoms with Gasteiger partial charge in [-0.25, -0.2) is 4.79 Å². The lowest BCUT2D eigenvalue weighted by Crippen LogP contribution is -2.54. The third-order valence-corrected chi connectivity index (χ3v) is 4.62. The Morgan fingerprint density at radius 1 is 1.34 bits per heavy atom. The van der Waals surface area contributed by atoms with Crippen LogP contribution < -0.4 is 10.6 Å². The van der Waals surface area contributed by atoms with Gasteiger partial charge in [-0.05, 0) is 53.7 Å². The molecule has 29 heavy (non-hydrogen) atoms. The zero-order chi connectivity index (χ0) is 21.7. The molecule has 1 saturated heterocycles. The van der Waals surface area contributed by atoms with Crippen LogP contribution >= 0.6 is 0 Å². The molecule has 8 heteroatoms. The molecule has 2 N–H and O–H groups in total. The number of aliphatic imine (C=N–C) groups is 1. The van der Waals surface area contributed by atoms with Crippen molar-refractivity contribution in [3.63, 3.8) is 0 Å². The molecular formula is C21H35N5O3. The van der Waals surface area contributed by atoms with Crippen LogP contribution in [0.5, 0.6) is 0 Å². The molecule has 8 nitrogen and oxygen atoms in total. The number of nitrogens with zero attached hydrogens (tertiary/aromatic N) is 3. The predicted octanol–water partition coefficient (Wildman–Crippen LogP) is 2.55. The predicted molar refractivity (Wildman–Crippen MR) is 114 cm³/mol. The first-order valence-corrected chi connectivity index (χ1v) is 10.1. The van der Waals surface area contributed by atoms with Crippen LogP contribution in [0.25, 0.3) is 0 Å². The summed E-state index contributed by atoms with van der Waals surface area (Å²) >= 11 is 0. The Morgan fingerprint density at radius 3 is 2.66 bits per heavy atom. The molecule has 0 radical (unpaired) electrons. The molecule has 0 saturated carbocycles. The van der Waals surface area contributed by atoms with E-state index in [4.69, 9.17) is 9.47 Å². The van der Waals surface area contributed by atoms with E-state index in [9.17, 15) is 4.79 Å². The summed E-state index contributed by atoms with van der Waals surface area (Å²) in [6, 6.07) is 5.69. The second-order valence-electron chi connectivity index (χ2n) is 8.64. The van der Waals surface area contributed by atoms with Crippen LogP contribution in [0.4, 0.5) is 4.79 Å². The van der Waals surface area contributed by atoms with Crippen molar-refractivity contribution in [2.24, 2.45) is 4.99 Å². The Balaban J connectivity index is 1.95. The lowest BCUT2D eigenvalue weighted by atomic mass is 10.1. The van der Waals surface area contributed by atoms with Gasteiger partial charge in [0.15, 0.2) is 5.96 Å². The van der Waals surface area contributed by atoms with Gasteiger partial charge in [0.1, 0.15) is 11.3 Å². The number of nitrogens with one attached hydrogen (secondary N) is 2. The van der Waals surface area contributed by atoms with Crippen LogP contribution in [0.1, 0.15) is 47.2 Å². The van der Waals surface area contributed by atoms with E-state index in [1.807, 2.05) is 59.7 Å². The fourth-order valence-electron chi connectivity index (χ4n) is 3.40. The van der Waals surface area contributed by atoms with Gasteiger partial charge >= 0.3 is 6.09 Å². The molecule has 2 atom stereocenters. The zero-order valence-corrected chi connectivity index (χ0v) is 18.7. The van der Waals surface area contributed by atoms with E-state index in [0.717, 1.165) is 12.1 Å². The van der Waals surface area contributed by atoms with Gasteiger partial charge in [0.2, 0.25) is 0 Å². The lowest BCUT2D eigenvalue weighted by Gasteiger charge is -2.35. The van der Waals surface area contributed by atoms with Crippen LogP contribution in [0.3, 0.4) is 0 Å². The number of rotatable bonds is 5. The van der Waals surface area contributed by atoms with E-state index < -0.39 is 11.3 Å². The van der Waals surface area contributed by atoms with Crippen LogP contribution in [0, 0.1) is 0 Å². The minimum atomic E-state index is -0.746. The molecule has 162 valence electrons. The molecule has 2 unspecified atom stereocenters. The normalized spacial score (nSPS) is 21.8. The van der Waals surface area contributed by atoms with E-state index in [1.165, 1.54) is 0 Å². The monoisotopic (exact) mass is 405 g/mol. The van der Waals surface area contributed by atoms with Gasteiger partial charge in [-0.3, -0.25) is 14.9 Å². The summed E-state index contributed by atoms with van der Waals surface area (Å²) in [6.07, 6.45) is 2.06. The van der Waals surface area contributed by atoms with Gasteiger partial charge in [-0.1, -0.05) is 6.07 Å². The number of hydrogen-bond donors (Lipinski definition) is 2. The summed E-state index contributed by atoms with van der Waals surface area (Å²) in [5.74, 6) is 0.668. The van der Waals surface area contributed by atoms with Crippen molar-refractivity contribution in [3.05, 3.63) is 30.1 Å². The molecule has 1 aromatic heterocycles. The van der Waals surface area contributed by atoms with Crippen molar-refractivity contribution < 1.29 is 14.3 Å². The minimum Gasteiger partial charge on any atom is -0.444 e. The molecule has 0 spiro atoms. The number of carbonyl (C=O) groups excluding carboxylic acids is 1. The van der Waals surface area contributed by atoms with Crippen LogP contribution in [0.15, 0.2) is 29.4 Å². The number of hydrogen-bond acceptors (Lipinski definition) is 5. The molecule has 0 bridgehead atoms. The Kier molecular flexibility index (Phi) is 7.46. The van der Waals surface area contributed by atoms with Gasteiger partial charge in [0, 0.05) is 38.4 Å². The summed E-state index contributed by atoms with van der Waals surface area (Å²) < 4.78 is 11.6. The van der Waals surface area contributed by atoms with Crippen molar-refractivity contribution in [1.82, 2.24) is 20.5 Å². The molecule has 1 fully saturated rings. The minimum absolute atomic E-state index is 0.142. The lowest BCUT2D eigenvalue weighted by molar-refractivity contribution is -0.0755.